The molecule has 3 atom stereocenters. The van der Waals surface area contributed by atoms with Crippen LogP contribution in [0.25, 0.3) is 0 Å². The lowest BCUT2D eigenvalue weighted by molar-refractivity contribution is 0.0206. The Labute approximate surface area is 132 Å². The molecule has 1 saturated heterocycles. The summed E-state index contributed by atoms with van der Waals surface area (Å²) in [6.07, 6.45) is 0.813. The van der Waals surface area contributed by atoms with Crippen LogP contribution in [0.1, 0.15) is 32.8 Å². The summed E-state index contributed by atoms with van der Waals surface area (Å²) in [5.74, 6) is 1.06. The van der Waals surface area contributed by atoms with E-state index in [1.807, 2.05) is 31.7 Å². The third-order valence-electron chi connectivity index (χ3n) is 5.13. The van der Waals surface area contributed by atoms with Crippen molar-refractivity contribution in [3.05, 3.63) is 35.9 Å². The number of likely N-dealkylation sites (tertiary alicyclic amines) is 1. The molecule has 1 heterocycles. The highest BCUT2D eigenvalue weighted by molar-refractivity contribution is 5.68. The summed E-state index contributed by atoms with van der Waals surface area (Å²) >= 11 is 0. The number of amides is 1. The van der Waals surface area contributed by atoms with Gasteiger partial charge < -0.3 is 15.4 Å². The van der Waals surface area contributed by atoms with E-state index < -0.39 is 5.60 Å². The predicted octanol–water partition coefficient (Wildman–Crippen LogP) is 2.77. The number of ether oxygens (including phenoxy) is 1. The molecule has 4 nitrogen and oxygen atoms in total. The second kappa shape index (κ2) is 5.27. The molecule has 1 aromatic carbocycles. The van der Waals surface area contributed by atoms with E-state index in [1.165, 1.54) is 5.56 Å². The number of fused-ring (bicyclic) bond motifs is 1. The zero-order valence-corrected chi connectivity index (χ0v) is 13.7. The standard InChI is InChI=1S/C18H26N2O2/c1-17(2,3)22-16(21)20-10-9-14-15(11-20)18(14,12-19)13-7-5-4-6-8-13/h4-8,14-15H,9-12,19H2,1-3H3. The summed E-state index contributed by atoms with van der Waals surface area (Å²) in [6, 6.07) is 10.5. The average molecular weight is 302 g/mol. The molecule has 1 amide bonds. The predicted molar refractivity (Wildman–Crippen MR) is 86.6 cm³/mol. The number of piperidine rings is 1. The first-order valence-electron chi connectivity index (χ1n) is 8.12. The fourth-order valence-corrected chi connectivity index (χ4v) is 4.07. The highest BCUT2D eigenvalue weighted by Crippen LogP contribution is 2.62. The Morgan fingerprint density at radius 3 is 2.59 bits per heavy atom. The molecule has 0 radical (unpaired) electrons. The van der Waals surface area contributed by atoms with Crippen molar-refractivity contribution in [3.63, 3.8) is 0 Å². The molecule has 2 N–H and O–H groups in total. The monoisotopic (exact) mass is 302 g/mol. The van der Waals surface area contributed by atoms with E-state index >= 15 is 0 Å². The Morgan fingerprint density at radius 1 is 1.32 bits per heavy atom. The highest BCUT2D eigenvalue weighted by atomic mass is 16.6. The van der Waals surface area contributed by atoms with Gasteiger partial charge in [-0.25, -0.2) is 4.79 Å². The molecule has 1 aliphatic carbocycles. The van der Waals surface area contributed by atoms with Gasteiger partial charge in [0.15, 0.2) is 0 Å². The van der Waals surface area contributed by atoms with Crippen molar-refractivity contribution in [2.75, 3.05) is 19.6 Å². The van der Waals surface area contributed by atoms with Gasteiger partial charge in [-0.2, -0.15) is 0 Å². The topological polar surface area (TPSA) is 55.6 Å². The van der Waals surface area contributed by atoms with Gasteiger partial charge in [-0.1, -0.05) is 30.3 Å². The van der Waals surface area contributed by atoms with E-state index in [1.54, 1.807) is 0 Å². The van der Waals surface area contributed by atoms with Gasteiger partial charge in [0.25, 0.3) is 0 Å². The molecule has 0 aromatic heterocycles. The molecule has 2 aliphatic rings. The molecule has 1 aromatic rings. The van der Waals surface area contributed by atoms with E-state index in [-0.39, 0.29) is 11.5 Å². The fraction of sp³-hybridized carbons (Fsp3) is 0.611. The van der Waals surface area contributed by atoms with Gasteiger partial charge in [-0.3, -0.25) is 0 Å². The smallest absolute Gasteiger partial charge is 0.410 e. The van der Waals surface area contributed by atoms with Crippen LogP contribution in [0, 0.1) is 11.8 Å². The Bertz CT molecular complexity index is 552. The lowest BCUT2D eigenvalue weighted by Crippen LogP contribution is -2.40. The Hall–Kier alpha value is -1.55. The van der Waals surface area contributed by atoms with Crippen LogP contribution in [0.4, 0.5) is 4.79 Å². The number of nitrogens with zero attached hydrogens (tertiary/aromatic N) is 1. The molecule has 4 heteroatoms. The third-order valence-corrected chi connectivity index (χ3v) is 5.13. The lowest BCUT2D eigenvalue weighted by Gasteiger charge is -2.29. The van der Waals surface area contributed by atoms with Crippen LogP contribution in [-0.4, -0.2) is 36.2 Å². The van der Waals surface area contributed by atoms with Gasteiger partial charge in [-0.15, -0.1) is 0 Å². The molecule has 0 bridgehead atoms. The van der Waals surface area contributed by atoms with E-state index in [4.69, 9.17) is 10.5 Å². The van der Waals surface area contributed by atoms with Crippen LogP contribution in [0.15, 0.2) is 30.3 Å². The molecule has 3 rings (SSSR count). The number of rotatable bonds is 2. The van der Waals surface area contributed by atoms with Gasteiger partial charge in [-0.05, 0) is 44.6 Å². The molecule has 2 fully saturated rings. The van der Waals surface area contributed by atoms with Crippen molar-refractivity contribution in [2.45, 2.75) is 38.2 Å². The maximum atomic E-state index is 12.3. The minimum Gasteiger partial charge on any atom is -0.444 e. The number of hydrogen-bond donors (Lipinski definition) is 1. The largest absolute Gasteiger partial charge is 0.444 e. The van der Waals surface area contributed by atoms with Crippen molar-refractivity contribution in [1.29, 1.82) is 0 Å². The van der Waals surface area contributed by atoms with Gasteiger partial charge in [0, 0.05) is 25.0 Å². The Morgan fingerprint density at radius 2 is 2.00 bits per heavy atom. The lowest BCUT2D eigenvalue weighted by atomic mass is 9.91. The van der Waals surface area contributed by atoms with E-state index in [2.05, 4.69) is 24.3 Å². The molecular formula is C18H26N2O2. The zero-order chi connectivity index (χ0) is 16.0. The first-order chi connectivity index (χ1) is 10.4. The van der Waals surface area contributed by atoms with Crippen molar-refractivity contribution in [2.24, 2.45) is 17.6 Å². The van der Waals surface area contributed by atoms with Crippen LogP contribution >= 0.6 is 0 Å². The van der Waals surface area contributed by atoms with Crippen LogP contribution in [0.2, 0.25) is 0 Å². The third kappa shape index (κ3) is 2.50. The fourth-order valence-electron chi connectivity index (χ4n) is 4.07. The van der Waals surface area contributed by atoms with Gasteiger partial charge in [0.2, 0.25) is 0 Å². The maximum Gasteiger partial charge on any atom is 0.410 e. The van der Waals surface area contributed by atoms with Crippen LogP contribution < -0.4 is 5.73 Å². The quantitative estimate of drug-likeness (QED) is 0.914. The zero-order valence-electron chi connectivity index (χ0n) is 13.7. The summed E-state index contributed by atoms with van der Waals surface area (Å²) in [7, 11) is 0. The second-order valence-corrected chi connectivity index (χ2v) is 7.54. The van der Waals surface area contributed by atoms with Crippen LogP contribution in [0.5, 0.6) is 0 Å². The maximum absolute atomic E-state index is 12.3. The second-order valence-electron chi connectivity index (χ2n) is 7.54. The summed E-state index contributed by atoms with van der Waals surface area (Å²) < 4.78 is 5.51. The number of carbonyl (C=O) groups excluding carboxylic acids is 1. The van der Waals surface area contributed by atoms with E-state index in [0.717, 1.165) is 19.5 Å². The SMILES string of the molecule is CC(C)(C)OC(=O)N1CCC2C(C1)C2(CN)c1ccccc1. The minimum atomic E-state index is -0.443. The summed E-state index contributed by atoms with van der Waals surface area (Å²) in [5, 5.41) is 0. The van der Waals surface area contributed by atoms with Crippen molar-refractivity contribution < 1.29 is 9.53 Å². The number of benzene rings is 1. The molecule has 22 heavy (non-hydrogen) atoms. The van der Waals surface area contributed by atoms with E-state index in [9.17, 15) is 4.79 Å². The first kappa shape index (κ1) is 15.3. The van der Waals surface area contributed by atoms with Crippen molar-refractivity contribution >= 4 is 6.09 Å². The Balaban J connectivity index is 1.73. The van der Waals surface area contributed by atoms with Crippen LogP contribution in [0.3, 0.4) is 0 Å². The highest BCUT2D eigenvalue weighted by Gasteiger charge is 2.65. The van der Waals surface area contributed by atoms with Gasteiger partial charge >= 0.3 is 6.09 Å². The number of hydrogen-bond acceptors (Lipinski definition) is 3. The Kier molecular flexibility index (Phi) is 3.68. The normalized spacial score (nSPS) is 30.6. The first-order valence-corrected chi connectivity index (χ1v) is 8.12. The average Bonchev–Trinajstić information content (AvgIpc) is 3.14. The minimum absolute atomic E-state index is 0.0536. The van der Waals surface area contributed by atoms with Gasteiger partial charge in [0.1, 0.15) is 5.60 Å². The van der Waals surface area contributed by atoms with Gasteiger partial charge in [0.05, 0.1) is 0 Å². The number of nitrogens with two attached hydrogens (primary N) is 1. The molecule has 120 valence electrons. The van der Waals surface area contributed by atoms with Crippen molar-refractivity contribution in [3.8, 4) is 0 Å². The van der Waals surface area contributed by atoms with E-state index in [0.29, 0.717) is 18.4 Å². The molecular weight excluding hydrogens is 276 g/mol. The van der Waals surface area contributed by atoms with Crippen LogP contribution in [-0.2, 0) is 10.2 Å². The molecule has 3 unspecified atom stereocenters. The summed E-state index contributed by atoms with van der Waals surface area (Å²) in [5.41, 5.74) is 7.08. The summed E-state index contributed by atoms with van der Waals surface area (Å²) in [4.78, 5) is 14.1. The molecule has 0 spiro atoms. The number of carbonyl (C=O) groups is 1. The van der Waals surface area contributed by atoms with Crippen molar-refractivity contribution in [1.82, 2.24) is 4.90 Å². The summed E-state index contributed by atoms with van der Waals surface area (Å²) in [6.45, 7) is 7.89. The molecule has 1 aliphatic heterocycles. The molecule has 1 saturated carbocycles.